The lowest BCUT2D eigenvalue weighted by Crippen LogP contribution is -2.42. The molecule has 1 aliphatic heterocycles. The fourth-order valence-corrected chi connectivity index (χ4v) is 2.77. The number of anilines is 1. The molecule has 1 aliphatic rings. The summed E-state index contributed by atoms with van der Waals surface area (Å²) in [6.45, 7) is 0.782. The maximum absolute atomic E-state index is 5.99. The Morgan fingerprint density at radius 1 is 1.31 bits per heavy atom. The van der Waals surface area contributed by atoms with Gasteiger partial charge in [0.05, 0.1) is 22.6 Å². The Bertz CT molecular complexity index is 425. The van der Waals surface area contributed by atoms with E-state index in [2.05, 4.69) is 11.9 Å². The fraction of sp³-hybridized carbons (Fsp3) is 0.300. The molecule has 0 radical (unpaired) electrons. The third-order valence-corrected chi connectivity index (χ3v) is 4.58. The van der Waals surface area contributed by atoms with E-state index in [1.54, 1.807) is 17.8 Å². The summed E-state index contributed by atoms with van der Waals surface area (Å²) in [6, 6.07) is 5.57. The molecular weight excluding hydrogens is 283 g/mol. The number of thioether (sulfide) groups is 1. The Kier molecular flexibility index (Phi) is 3.97. The highest BCUT2D eigenvalue weighted by atomic mass is 35.5. The van der Waals surface area contributed by atoms with E-state index in [0.29, 0.717) is 10.0 Å². The first-order valence-electron chi connectivity index (χ1n) is 4.66. The molecule has 0 amide bonds. The summed E-state index contributed by atoms with van der Waals surface area (Å²) in [5.74, 6) is 0.927. The van der Waals surface area contributed by atoms with Gasteiger partial charge in [0.2, 0.25) is 0 Å². The van der Waals surface area contributed by atoms with Crippen molar-refractivity contribution >= 4 is 57.2 Å². The third kappa shape index (κ3) is 2.63. The van der Waals surface area contributed by atoms with Crippen LogP contribution >= 0.6 is 47.2 Å². The van der Waals surface area contributed by atoms with E-state index >= 15 is 0 Å². The van der Waals surface area contributed by atoms with Crippen molar-refractivity contribution in [1.82, 2.24) is 4.90 Å². The van der Waals surface area contributed by atoms with E-state index in [1.165, 1.54) is 0 Å². The molecule has 0 atom stereocenters. The zero-order valence-corrected chi connectivity index (χ0v) is 11.8. The van der Waals surface area contributed by atoms with E-state index < -0.39 is 0 Å². The second-order valence-corrected chi connectivity index (χ2v) is 5.96. The van der Waals surface area contributed by atoms with Gasteiger partial charge < -0.3 is 4.90 Å². The molecule has 1 saturated heterocycles. The van der Waals surface area contributed by atoms with Crippen LogP contribution in [-0.4, -0.2) is 28.8 Å². The van der Waals surface area contributed by atoms with Crippen LogP contribution in [0.15, 0.2) is 18.2 Å². The summed E-state index contributed by atoms with van der Waals surface area (Å²) in [7, 11) is 2.05. The van der Waals surface area contributed by atoms with Gasteiger partial charge in [-0.2, -0.15) is 0 Å². The molecule has 16 heavy (non-hydrogen) atoms. The smallest absolute Gasteiger partial charge is 0.143 e. The minimum absolute atomic E-state index is 0.556. The first-order valence-corrected chi connectivity index (χ1v) is 6.81. The molecule has 1 aromatic rings. The molecule has 2 nitrogen and oxygen atoms in total. The Morgan fingerprint density at radius 3 is 2.75 bits per heavy atom. The van der Waals surface area contributed by atoms with Crippen LogP contribution in [0.2, 0.25) is 10.0 Å². The number of benzene rings is 1. The average Bonchev–Trinajstić information content (AvgIpc) is 2.26. The van der Waals surface area contributed by atoms with Crippen molar-refractivity contribution in [2.45, 2.75) is 0 Å². The summed E-state index contributed by atoms with van der Waals surface area (Å²) in [5, 5.41) is 1.12. The van der Waals surface area contributed by atoms with E-state index in [-0.39, 0.29) is 0 Å². The van der Waals surface area contributed by atoms with Gasteiger partial charge in [-0.1, -0.05) is 47.2 Å². The largest absolute Gasteiger partial charge is 0.314 e. The Hall–Kier alpha value is -0.0000000000000000555. The van der Waals surface area contributed by atoms with Gasteiger partial charge in [0.25, 0.3) is 0 Å². The van der Waals surface area contributed by atoms with Crippen LogP contribution in [0.25, 0.3) is 0 Å². The zero-order valence-electron chi connectivity index (χ0n) is 8.61. The quantitative estimate of drug-likeness (QED) is 0.728. The molecule has 1 aromatic carbocycles. The highest BCUT2D eigenvalue weighted by Crippen LogP contribution is 2.30. The van der Waals surface area contributed by atoms with E-state index in [1.807, 2.05) is 17.0 Å². The van der Waals surface area contributed by atoms with Gasteiger partial charge in [0.1, 0.15) is 4.32 Å². The van der Waals surface area contributed by atoms with E-state index in [0.717, 1.165) is 22.6 Å². The van der Waals surface area contributed by atoms with E-state index in [4.69, 9.17) is 35.4 Å². The van der Waals surface area contributed by atoms with Crippen LogP contribution in [0.3, 0.4) is 0 Å². The Labute approximate surface area is 114 Å². The molecule has 0 aromatic heterocycles. The van der Waals surface area contributed by atoms with Gasteiger partial charge in [-0.15, -0.1) is 0 Å². The van der Waals surface area contributed by atoms with Crippen molar-refractivity contribution in [3.8, 4) is 0 Å². The molecule has 0 unspecified atom stereocenters. The molecular formula is C10H10Cl2N2S2. The zero-order chi connectivity index (χ0) is 11.7. The second-order valence-electron chi connectivity index (χ2n) is 3.56. The van der Waals surface area contributed by atoms with Crippen LogP contribution in [0.4, 0.5) is 5.69 Å². The SMILES string of the molecule is CN1CSC(=S)N(c2ccc(Cl)c(Cl)c2)C1. The first-order chi connectivity index (χ1) is 7.58. The van der Waals surface area contributed by atoms with Crippen molar-refractivity contribution in [1.29, 1.82) is 0 Å². The van der Waals surface area contributed by atoms with Crippen molar-refractivity contribution in [3.63, 3.8) is 0 Å². The van der Waals surface area contributed by atoms with Gasteiger partial charge in [-0.05, 0) is 25.2 Å². The van der Waals surface area contributed by atoms with Gasteiger partial charge in [0.15, 0.2) is 0 Å². The van der Waals surface area contributed by atoms with Crippen LogP contribution in [0.1, 0.15) is 0 Å². The molecule has 0 aliphatic carbocycles. The molecule has 0 spiro atoms. The molecule has 2 rings (SSSR count). The Balaban J connectivity index is 2.28. The maximum atomic E-state index is 5.99. The van der Waals surface area contributed by atoms with Gasteiger partial charge in [-0.25, -0.2) is 0 Å². The van der Waals surface area contributed by atoms with Gasteiger partial charge in [0, 0.05) is 5.69 Å². The van der Waals surface area contributed by atoms with Crippen molar-refractivity contribution in [2.75, 3.05) is 24.5 Å². The van der Waals surface area contributed by atoms with Crippen molar-refractivity contribution in [3.05, 3.63) is 28.2 Å². The van der Waals surface area contributed by atoms with Gasteiger partial charge >= 0.3 is 0 Å². The summed E-state index contributed by atoms with van der Waals surface area (Å²) in [6.07, 6.45) is 0. The monoisotopic (exact) mass is 292 g/mol. The van der Waals surface area contributed by atoms with Crippen molar-refractivity contribution < 1.29 is 0 Å². The number of thiocarbonyl (C=S) groups is 1. The lowest BCUT2D eigenvalue weighted by atomic mass is 10.3. The van der Waals surface area contributed by atoms with Crippen LogP contribution < -0.4 is 4.90 Å². The minimum Gasteiger partial charge on any atom is -0.314 e. The molecule has 0 saturated carbocycles. The molecule has 86 valence electrons. The molecule has 1 fully saturated rings. The fourth-order valence-electron chi connectivity index (χ4n) is 1.42. The van der Waals surface area contributed by atoms with Gasteiger partial charge in [-0.3, -0.25) is 4.90 Å². The van der Waals surface area contributed by atoms with Crippen molar-refractivity contribution in [2.24, 2.45) is 0 Å². The predicted octanol–water partition coefficient (Wildman–Crippen LogP) is 3.68. The predicted molar refractivity (Wildman–Crippen MR) is 76.6 cm³/mol. The molecule has 1 heterocycles. The first kappa shape index (κ1) is 12.5. The highest BCUT2D eigenvalue weighted by Gasteiger charge is 2.20. The lowest BCUT2D eigenvalue weighted by molar-refractivity contribution is 0.403. The topological polar surface area (TPSA) is 6.48 Å². The molecule has 0 bridgehead atoms. The molecule has 6 heteroatoms. The third-order valence-electron chi connectivity index (χ3n) is 2.23. The van der Waals surface area contributed by atoms with Crippen LogP contribution in [0.5, 0.6) is 0 Å². The summed E-state index contributed by atoms with van der Waals surface area (Å²) < 4.78 is 0.872. The summed E-state index contributed by atoms with van der Waals surface area (Å²) >= 11 is 18.9. The molecule has 0 N–H and O–H groups in total. The second kappa shape index (κ2) is 5.10. The summed E-state index contributed by atoms with van der Waals surface area (Å²) in [4.78, 5) is 4.23. The number of rotatable bonds is 1. The highest BCUT2D eigenvalue weighted by molar-refractivity contribution is 8.23. The average molecular weight is 293 g/mol. The number of hydrogen-bond donors (Lipinski definition) is 0. The van der Waals surface area contributed by atoms with Crippen LogP contribution in [0, 0.1) is 0 Å². The number of nitrogens with zero attached hydrogens (tertiary/aromatic N) is 2. The normalized spacial score (nSPS) is 17.9. The number of halogens is 2. The maximum Gasteiger partial charge on any atom is 0.143 e. The number of hydrogen-bond acceptors (Lipinski definition) is 3. The van der Waals surface area contributed by atoms with E-state index in [9.17, 15) is 0 Å². The minimum atomic E-state index is 0.556. The van der Waals surface area contributed by atoms with Crippen LogP contribution in [-0.2, 0) is 0 Å². The standard InChI is InChI=1S/C10H10Cl2N2S2/c1-13-5-14(10(15)16-6-13)7-2-3-8(11)9(12)4-7/h2-4H,5-6H2,1H3. The Morgan fingerprint density at radius 2 is 2.06 bits per heavy atom. The summed E-state index contributed by atoms with van der Waals surface area (Å²) in [5.41, 5.74) is 0.985. The lowest BCUT2D eigenvalue weighted by Gasteiger charge is -2.34.